The van der Waals surface area contributed by atoms with Gasteiger partial charge in [-0.2, -0.15) is 0 Å². The van der Waals surface area contributed by atoms with Gasteiger partial charge in [-0.15, -0.1) is 0 Å². The van der Waals surface area contributed by atoms with E-state index in [0.717, 1.165) is 90.5 Å². The second-order valence-electron chi connectivity index (χ2n) is 11.1. The van der Waals surface area contributed by atoms with Gasteiger partial charge >= 0.3 is 0 Å². The summed E-state index contributed by atoms with van der Waals surface area (Å²) < 4.78 is 0. The molecule has 3 aromatic rings. The number of rotatable bonds is 15. The first-order chi connectivity index (χ1) is 21.2. The molecule has 3 aliphatic rings. The first kappa shape index (κ1) is 28.5. The SMILES string of the molecule is C1=C(NCc2cccc(CN(Cc3cccc(CNC4=CCCN4)n3)Cc3cccc(CNC4=CCCN4)n3)n2)NCC1. The van der Waals surface area contributed by atoms with Gasteiger partial charge in [-0.25, -0.2) is 0 Å². The third kappa shape index (κ3) is 8.71. The van der Waals surface area contributed by atoms with Gasteiger partial charge in [0.05, 0.1) is 71.3 Å². The lowest BCUT2D eigenvalue weighted by atomic mass is 10.2. The van der Waals surface area contributed by atoms with E-state index in [9.17, 15) is 0 Å². The van der Waals surface area contributed by atoms with Gasteiger partial charge in [-0.1, -0.05) is 18.2 Å². The summed E-state index contributed by atoms with van der Waals surface area (Å²) in [5, 5.41) is 20.5. The molecule has 0 radical (unpaired) electrons. The summed E-state index contributed by atoms with van der Waals surface area (Å²) in [6.45, 7) is 7.12. The van der Waals surface area contributed by atoms with Gasteiger partial charge in [0.15, 0.2) is 0 Å². The van der Waals surface area contributed by atoms with Gasteiger partial charge in [-0.05, 0) is 73.9 Å². The molecule has 224 valence electrons. The van der Waals surface area contributed by atoms with Crippen LogP contribution in [0.4, 0.5) is 0 Å². The maximum atomic E-state index is 4.99. The van der Waals surface area contributed by atoms with Gasteiger partial charge in [0.1, 0.15) is 0 Å². The Labute approximate surface area is 254 Å². The molecule has 10 heteroatoms. The number of nitrogens with one attached hydrogen (secondary N) is 6. The fourth-order valence-electron chi connectivity index (χ4n) is 5.45. The Hall–Kier alpha value is -4.57. The lowest BCUT2D eigenvalue weighted by Gasteiger charge is -2.22. The molecule has 10 nitrogen and oxygen atoms in total. The molecule has 0 fully saturated rings. The Morgan fingerprint density at radius 3 is 1.12 bits per heavy atom. The highest BCUT2D eigenvalue weighted by atomic mass is 15.2. The summed E-state index contributed by atoms with van der Waals surface area (Å²) in [5.74, 6) is 3.28. The van der Waals surface area contributed by atoms with Crippen LogP contribution in [0.25, 0.3) is 0 Å². The van der Waals surface area contributed by atoms with Gasteiger partial charge in [0, 0.05) is 39.3 Å². The van der Waals surface area contributed by atoms with Crippen LogP contribution in [0.1, 0.15) is 53.4 Å². The van der Waals surface area contributed by atoms with E-state index in [1.165, 1.54) is 0 Å². The second kappa shape index (κ2) is 14.6. The molecule has 3 aromatic heterocycles. The summed E-state index contributed by atoms with van der Waals surface area (Å²) in [6.07, 6.45) is 9.77. The van der Waals surface area contributed by atoms with E-state index in [2.05, 4.69) is 110 Å². The normalized spacial score (nSPS) is 15.7. The van der Waals surface area contributed by atoms with E-state index in [-0.39, 0.29) is 0 Å². The molecule has 3 aliphatic heterocycles. The molecule has 43 heavy (non-hydrogen) atoms. The molecule has 0 bridgehead atoms. The molecule has 0 saturated carbocycles. The van der Waals surface area contributed by atoms with Crippen molar-refractivity contribution < 1.29 is 0 Å². The summed E-state index contributed by atoms with van der Waals surface area (Å²) in [5.41, 5.74) is 6.16. The highest BCUT2D eigenvalue weighted by molar-refractivity contribution is 5.17. The van der Waals surface area contributed by atoms with Crippen molar-refractivity contribution in [3.63, 3.8) is 0 Å². The molecule has 0 aromatic carbocycles. The maximum Gasteiger partial charge on any atom is 0.0949 e. The highest BCUT2D eigenvalue weighted by Crippen LogP contribution is 2.14. The number of nitrogens with zero attached hydrogens (tertiary/aromatic N) is 4. The van der Waals surface area contributed by atoms with Crippen molar-refractivity contribution in [2.75, 3.05) is 19.6 Å². The summed E-state index contributed by atoms with van der Waals surface area (Å²) >= 11 is 0. The van der Waals surface area contributed by atoms with Crippen LogP contribution in [0.3, 0.4) is 0 Å². The lowest BCUT2D eigenvalue weighted by molar-refractivity contribution is 0.238. The zero-order chi connectivity index (χ0) is 29.1. The van der Waals surface area contributed by atoms with Crippen LogP contribution in [0.15, 0.2) is 90.3 Å². The molecule has 0 atom stereocenters. The minimum atomic E-state index is 0.691. The Kier molecular flexibility index (Phi) is 9.66. The largest absolute Gasteiger partial charge is 0.372 e. The topological polar surface area (TPSA) is 114 Å². The monoisotopic (exact) mass is 578 g/mol. The first-order valence-corrected chi connectivity index (χ1v) is 15.4. The number of hydrogen-bond donors (Lipinski definition) is 6. The Bertz CT molecular complexity index is 1290. The van der Waals surface area contributed by atoms with E-state index >= 15 is 0 Å². The van der Waals surface area contributed by atoms with Gasteiger partial charge in [-0.3, -0.25) is 19.9 Å². The third-order valence-electron chi connectivity index (χ3n) is 7.55. The molecule has 6 rings (SSSR count). The Morgan fingerprint density at radius 2 is 0.814 bits per heavy atom. The molecule has 6 heterocycles. The van der Waals surface area contributed by atoms with Crippen LogP contribution in [0, 0.1) is 0 Å². The Morgan fingerprint density at radius 1 is 0.488 bits per heavy atom. The van der Waals surface area contributed by atoms with Gasteiger partial charge < -0.3 is 31.9 Å². The minimum absolute atomic E-state index is 0.691. The second-order valence-corrected chi connectivity index (χ2v) is 11.1. The maximum absolute atomic E-state index is 4.99. The molecule has 0 spiro atoms. The van der Waals surface area contributed by atoms with Crippen LogP contribution in [-0.2, 0) is 39.3 Å². The number of pyridine rings is 3. The van der Waals surface area contributed by atoms with Crippen molar-refractivity contribution in [2.24, 2.45) is 0 Å². The molecule has 0 unspecified atom stereocenters. The van der Waals surface area contributed by atoms with E-state index in [0.29, 0.717) is 39.3 Å². The first-order valence-electron chi connectivity index (χ1n) is 15.4. The van der Waals surface area contributed by atoms with Crippen molar-refractivity contribution in [1.29, 1.82) is 0 Å². The van der Waals surface area contributed by atoms with Crippen molar-refractivity contribution in [1.82, 2.24) is 51.8 Å². The predicted octanol–water partition coefficient (Wildman–Crippen LogP) is 2.85. The molecule has 0 amide bonds. The molecule has 0 aliphatic carbocycles. The van der Waals surface area contributed by atoms with Crippen molar-refractivity contribution in [2.45, 2.75) is 58.5 Å². The van der Waals surface area contributed by atoms with Crippen LogP contribution in [0.2, 0.25) is 0 Å². The van der Waals surface area contributed by atoms with Crippen molar-refractivity contribution in [3.05, 3.63) is 124 Å². The summed E-state index contributed by atoms with van der Waals surface area (Å²) in [6, 6.07) is 18.9. The highest BCUT2D eigenvalue weighted by Gasteiger charge is 2.14. The van der Waals surface area contributed by atoms with E-state index < -0.39 is 0 Å². The van der Waals surface area contributed by atoms with E-state index in [4.69, 9.17) is 15.0 Å². The predicted molar refractivity (Wildman–Crippen MR) is 168 cm³/mol. The zero-order valence-electron chi connectivity index (χ0n) is 24.7. The number of hydrogen-bond acceptors (Lipinski definition) is 10. The zero-order valence-corrected chi connectivity index (χ0v) is 24.7. The van der Waals surface area contributed by atoms with Crippen molar-refractivity contribution >= 4 is 0 Å². The van der Waals surface area contributed by atoms with Gasteiger partial charge in [0.2, 0.25) is 0 Å². The molecular formula is C33H42N10. The van der Waals surface area contributed by atoms with Crippen molar-refractivity contribution in [3.8, 4) is 0 Å². The van der Waals surface area contributed by atoms with E-state index in [1.807, 2.05) is 0 Å². The molecular weight excluding hydrogens is 536 g/mol. The summed E-state index contributed by atoms with van der Waals surface area (Å²) in [7, 11) is 0. The quantitative estimate of drug-likeness (QED) is 0.161. The van der Waals surface area contributed by atoms with Crippen LogP contribution >= 0.6 is 0 Å². The fraction of sp³-hybridized carbons (Fsp3) is 0.364. The fourth-order valence-corrected chi connectivity index (χ4v) is 5.45. The average Bonchev–Trinajstić information content (AvgIpc) is 3.84. The van der Waals surface area contributed by atoms with E-state index in [1.54, 1.807) is 0 Å². The molecule has 0 saturated heterocycles. The van der Waals surface area contributed by atoms with Gasteiger partial charge in [0.25, 0.3) is 0 Å². The lowest BCUT2D eigenvalue weighted by Crippen LogP contribution is -2.26. The smallest absolute Gasteiger partial charge is 0.0949 e. The molecule has 6 N–H and O–H groups in total. The Balaban J connectivity index is 1.15. The standard InChI is InChI=1S/C33H42N10/c1-7-25(19-37-31-13-4-16-34-31)40-28(10-1)22-43(23-29-11-2-8-26(41-29)20-38-32-14-5-17-35-32)24-30-12-3-9-27(42-30)21-39-33-15-6-18-36-33/h1-3,7-15,34-39H,4-6,16-24H2. The van der Waals surface area contributed by atoms with Crippen LogP contribution in [-0.4, -0.2) is 39.5 Å². The average molecular weight is 579 g/mol. The number of aromatic nitrogens is 3. The minimum Gasteiger partial charge on any atom is -0.372 e. The van der Waals surface area contributed by atoms with Crippen LogP contribution < -0.4 is 31.9 Å². The van der Waals surface area contributed by atoms with Crippen LogP contribution in [0.5, 0.6) is 0 Å². The summed E-state index contributed by atoms with van der Waals surface area (Å²) in [4.78, 5) is 17.4. The third-order valence-corrected chi connectivity index (χ3v) is 7.55.